The lowest BCUT2D eigenvalue weighted by Gasteiger charge is -2.28. The third kappa shape index (κ3) is 2.33. The maximum Gasteiger partial charge on any atom is 0.171 e. The van der Waals surface area contributed by atoms with Crippen LogP contribution in [0, 0.1) is 0 Å². The van der Waals surface area contributed by atoms with Gasteiger partial charge in [-0.3, -0.25) is 0 Å². The molecular formula is C11H21NO3. The molecule has 0 saturated carbocycles. The molecule has 0 aliphatic carbocycles. The molecule has 0 radical (unpaired) electrons. The zero-order valence-electron chi connectivity index (χ0n) is 9.73. The van der Waals surface area contributed by atoms with Crippen LogP contribution in [-0.2, 0) is 14.2 Å². The molecule has 4 nitrogen and oxygen atoms in total. The molecule has 2 aliphatic rings. The van der Waals surface area contributed by atoms with Crippen molar-refractivity contribution in [1.29, 1.82) is 0 Å². The Balaban J connectivity index is 1.81. The third-order valence-corrected chi connectivity index (χ3v) is 3.46. The second-order valence-electron chi connectivity index (χ2n) is 4.51. The van der Waals surface area contributed by atoms with E-state index in [1.807, 2.05) is 0 Å². The molecule has 2 aliphatic heterocycles. The molecule has 4 heteroatoms. The highest BCUT2D eigenvalue weighted by Crippen LogP contribution is 2.34. The lowest BCUT2D eigenvalue weighted by atomic mass is 9.95. The highest BCUT2D eigenvalue weighted by molar-refractivity contribution is 4.95. The Morgan fingerprint density at radius 2 is 2.00 bits per heavy atom. The van der Waals surface area contributed by atoms with Gasteiger partial charge in [-0.2, -0.15) is 0 Å². The molecule has 2 rings (SSSR count). The van der Waals surface area contributed by atoms with E-state index in [4.69, 9.17) is 14.2 Å². The first kappa shape index (κ1) is 11.3. The predicted molar refractivity (Wildman–Crippen MR) is 56.7 cm³/mol. The summed E-state index contributed by atoms with van der Waals surface area (Å²) in [6.07, 6.45) is 4.28. The normalized spacial score (nSPS) is 36.4. The minimum Gasteiger partial charge on any atom is -0.373 e. The Morgan fingerprint density at radius 3 is 2.47 bits per heavy atom. The van der Waals surface area contributed by atoms with Crippen molar-refractivity contribution in [2.45, 2.75) is 56.8 Å². The summed E-state index contributed by atoms with van der Waals surface area (Å²) in [7, 11) is 3.34. The fourth-order valence-corrected chi connectivity index (χ4v) is 2.73. The van der Waals surface area contributed by atoms with Crippen molar-refractivity contribution in [1.82, 2.24) is 5.32 Å². The number of hydrogen-bond acceptors (Lipinski definition) is 4. The van der Waals surface area contributed by atoms with E-state index in [1.54, 1.807) is 14.2 Å². The van der Waals surface area contributed by atoms with E-state index < -0.39 is 0 Å². The van der Waals surface area contributed by atoms with Gasteiger partial charge in [-0.1, -0.05) is 0 Å². The predicted octanol–water partition coefficient (Wildman–Crippen LogP) is 0.903. The summed E-state index contributed by atoms with van der Waals surface area (Å²) in [5, 5.41) is 3.54. The van der Waals surface area contributed by atoms with Gasteiger partial charge in [-0.05, 0) is 26.2 Å². The summed E-state index contributed by atoms with van der Waals surface area (Å²) < 4.78 is 16.2. The number of nitrogens with one attached hydrogen (secondary N) is 1. The number of hydrogen-bond donors (Lipinski definition) is 1. The quantitative estimate of drug-likeness (QED) is 0.692. The van der Waals surface area contributed by atoms with Gasteiger partial charge in [0.05, 0.1) is 18.2 Å². The van der Waals surface area contributed by atoms with Crippen molar-refractivity contribution in [2.24, 2.45) is 0 Å². The Kier molecular flexibility index (Phi) is 3.61. The fraction of sp³-hybridized carbons (Fsp3) is 1.00. The van der Waals surface area contributed by atoms with Crippen LogP contribution in [0.15, 0.2) is 0 Å². The maximum atomic E-state index is 5.79. The van der Waals surface area contributed by atoms with E-state index in [9.17, 15) is 0 Å². The van der Waals surface area contributed by atoms with Crippen molar-refractivity contribution < 1.29 is 14.2 Å². The number of methoxy groups -OCH3 is 2. The summed E-state index contributed by atoms with van der Waals surface area (Å²) in [6.45, 7) is 2.09. The Morgan fingerprint density at radius 1 is 1.27 bits per heavy atom. The third-order valence-electron chi connectivity index (χ3n) is 3.46. The zero-order valence-corrected chi connectivity index (χ0v) is 9.73. The summed E-state index contributed by atoms with van der Waals surface area (Å²) in [5.41, 5.74) is 0. The Labute approximate surface area is 91.3 Å². The Bertz CT molecular complexity index is 208. The molecule has 4 atom stereocenters. The molecule has 0 aromatic carbocycles. The lowest BCUT2D eigenvalue weighted by Crippen LogP contribution is -2.48. The monoisotopic (exact) mass is 215 g/mol. The van der Waals surface area contributed by atoms with E-state index in [0.717, 1.165) is 6.42 Å². The van der Waals surface area contributed by atoms with Crippen LogP contribution in [0.2, 0.25) is 0 Å². The van der Waals surface area contributed by atoms with Gasteiger partial charge in [0.25, 0.3) is 0 Å². The van der Waals surface area contributed by atoms with Crippen molar-refractivity contribution in [3.05, 3.63) is 0 Å². The summed E-state index contributed by atoms with van der Waals surface area (Å²) in [5.74, 6) is 0. The van der Waals surface area contributed by atoms with Gasteiger partial charge >= 0.3 is 0 Å². The van der Waals surface area contributed by atoms with Crippen LogP contribution in [-0.4, -0.2) is 44.8 Å². The van der Waals surface area contributed by atoms with E-state index >= 15 is 0 Å². The minimum absolute atomic E-state index is 0.177. The molecule has 2 bridgehead atoms. The highest BCUT2D eigenvalue weighted by atomic mass is 16.7. The number of rotatable bonds is 5. The topological polar surface area (TPSA) is 39.7 Å². The van der Waals surface area contributed by atoms with Crippen molar-refractivity contribution in [3.63, 3.8) is 0 Å². The van der Waals surface area contributed by atoms with Crippen LogP contribution >= 0.6 is 0 Å². The smallest absolute Gasteiger partial charge is 0.171 e. The van der Waals surface area contributed by atoms with Gasteiger partial charge < -0.3 is 19.5 Å². The molecule has 4 unspecified atom stereocenters. The van der Waals surface area contributed by atoms with E-state index in [-0.39, 0.29) is 12.3 Å². The largest absolute Gasteiger partial charge is 0.373 e. The number of fused-ring (bicyclic) bond motifs is 2. The Hall–Kier alpha value is -0.160. The second-order valence-corrected chi connectivity index (χ2v) is 4.51. The highest BCUT2D eigenvalue weighted by Gasteiger charge is 2.41. The summed E-state index contributed by atoms with van der Waals surface area (Å²) >= 11 is 0. The van der Waals surface area contributed by atoms with Gasteiger partial charge in [-0.15, -0.1) is 0 Å². The maximum absolute atomic E-state index is 5.79. The lowest BCUT2D eigenvalue weighted by molar-refractivity contribution is -0.121. The van der Waals surface area contributed by atoms with Gasteiger partial charge in [0.15, 0.2) is 6.29 Å². The average molecular weight is 215 g/mol. The zero-order chi connectivity index (χ0) is 10.8. The summed E-state index contributed by atoms with van der Waals surface area (Å²) in [4.78, 5) is 0. The van der Waals surface area contributed by atoms with Crippen molar-refractivity contribution in [2.75, 3.05) is 14.2 Å². The summed E-state index contributed by atoms with van der Waals surface area (Å²) in [6, 6.07) is 0.680. The van der Waals surface area contributed by atoms with Gasteiger partial charge in [-0.25, -0.2) is 0 Å². The van der Waals surface area contributed by atoms with Crippen LogP contribution in [0.25, 0.3) is 0 Å². The standard InChI is InChI=1S/C11H21NO3/c1-7(11(13-2)14-3)12-9-6-8-4-5-10(9)15-8/h7-12H,4-6H2,1-3H3. The van der Waals surface area contributed by atoms with Crippen LogP contribution in [0.5, 0.6) is 0 Å². The molecule has 1 N–H and O–H groups in total. The molecule has 0 amide bonds. The van der Waals surface area contributed by atoms with Gasteiger partial charge in [0.2, 0.25) is 0 Å². The van der Waals surface area contributed by atoms with E-state index in [0.29, 0.717) is 18.2 Å². The molecule has 15 heavy (non-hydrogen) atoms. The molecular weight excluding hydrogens is 194 g/mol. The van der Waals surface area contributed by atoms with Gasteiger partial charge in [0.1, 0.15) is 0 Å². The number of ether oxygens (including phenoxy) is 3. The molecule has 2 heterocycles. The van der Waals surface area contributed by atoms with Gasteiger partial charge in [0, 0.05) is 20.3 Å². The molecule has 2 fully saturated rings. The van der Waals surface area contributed by atoms with E-state index in [2.05, 4.69) is 12.2 Å². The first-order valence-electron chi connectivity index (χ1n) is 5.71. The first-order chi connectivity index (χ1) is 7.24. The average Bonchev–Trinajstić information content (AvgIpc) is 2.81. The molecule has 2 saturated heterocycles. The molecule has 0 spiro atoms. The SMILES string of the molecule is COC(OC)C(C)NC1CC2CCC1O2. The van der Waals surface area contributed by atoms with Crippen LogP contribution < -0.4 is 5.32 Å². The van der Waals surface area contributed by atoms with Crippen molar-refractivity contribution in [3.8, 4) is 0 Å². The fourth-order valence-electron chi connectivity index (χ4n) is 2.73. The molecule has 88 valence electrons. The van der Waals surface area contributed by atoms with Crippen LogP contribution in [0.3, 0.4) is 0 Å². The molecule has 0 aromatic heterocycles. The second kappa shape index (κ2) is 4.78. The van der Waals surface area contributed by atoms with Crippen LogP contribution in [0.4, 0.5) is 0 Å². The van der Waals surface area contributed by atoms with E-state index in [1.165, 1.54) is 12.8 Å². The van der Waals surface area contributed by atoms with Crippen LogP contribution in [0.1, 0.15) is 26.2 Å². The first-order valence-corrected chi connectivity index (χ1v) is 5.71. The van der Waals surface area contributed by atoms with Crippen molar-refractivity contribution >= 4 is 0 Å². The minimum atomic E-state index is -0.177. The molecule has 0 aromatic rings.